The third-order valence-electron chi connectivity index (χ3n) is 6.78. The standard InChI is InChI=1S/C24H27N3O3/c1-15-16(2)27(20-6-4-3-5-7-20)24(21(15)13-25)26-22(28)14-30-23(29)12-19-11-17-8-9-18(19)10-17/h3-7,17-19H,8-12,14H2,1-2H3,(H,26,28)/t17-,18-,19+/m0/s1. The maximum atomic E-state index is 12.5. The molecule has 0 spiro atoms. The van der Waals surface area contributed by atoms with Gasteiger partial charge >= 0.3 is 5.97 Å². The van der Waals surface area contributed by atoms with Crippen molar-refractivity contribution in [3.05, 3.63) is 47.2 Å². The van der Waals surface area contributed by atoms with Crippen LogP contribution >= 0.6 is 0 Å². The third kappa shape index (κ3) is 3.85. The number of aromatic nitrogens is 1. The molecule has 0 radical (unpaired) electrons. The van der Waals surface area contributed by atoms with Crippen molar-refractivity contribution in [2.45, 2.75) is 46.0 Å². The molecule has 0 unspecified atom stereocenters. The molecular weight excluding hydrogens is 378 g/mol. The van der Waals surface area contributed by atoms with Crippen molar-refractivity contribution in [3.63, 3.8) is 0 Å². The number of hydrogen-bond donors (Lipinski definition) is 1. The summed E-state index contributed by atoms with van der Waals surface area (Å²) in [5.41, 5.74) is 2.95. The molecule has 2 aliphatic carbocycles. The first kappa shape index (κ1) is 20.2. The number of anilines is 1. The van der Waals surface area contributed by atoms with Crippen LogP contribution in [0.15, 0.2) is 30.3 Å². The fraction of sp³-hybridized carbons (Fsp3) is 0.458. The third-order valence-corrected chi connectivity index (χ3v) is 6.78. The zero-order chi connectivity index (χ0) is 21.3. The highest BCUT2D eigenvalue weighted by Crippen LogP contribution is 2.49. The molecule has 1 aromatic heterocycles. The van der Waals surface area contributed by atoms with Gasteiger partial charge in [0.25, 0.3) is 5.91 Å². The van der Waals surface area contributed by atoms with Crippen molar-refractivity contribution >= 4 is 17.7 Å². The van der Waals surface area contributed by atoms with E-state index in [1.807, 2.05) is 48.7 Å². The van der Waals surface area contributed by atoms with Crippen molar-refractivity contribution in [3.8, 4) is 11.8 Å². The molecule has 2 fully saturated rings. The molecule has 2 aromatic rings. The van der Waals surface area contributed by atoms with Crippen LogP contribution in [0.1, 0.15) is 48.9 Å². The van der Waals surface area contributed by atoms with Gasteiger partial charge in [-0.25, -0.2) is 0 Å². The van der Waals surface area contributed by atoms with Gasteiger partial charge in [-0.2, -0.15) is 5.26 Å². The Labute approximate surface area is 176 Å². The minimum atomic E-state index is -0.442. The summed E-state index contributed by atoms with van der Waals surface area (Å²) in [6.45, 7) is 3.43. The summed E-state index contributed by atoms with van der Waals surface area (Å²) >= 11 is 0. The van der Waals surface area contributed by atoms with E-state index in [4.69, 9.17) is 4.74 Å². The number of benzene rings is 1. The van der Waals surface area contributed by atoms with Crippen LogP contribution < -0.4 is 5.32 Å². The number of carbonyl (C=O) groups is 2. The lowest BCUT2D eigenvalue weighted by atomic mass is 9.86. The Morgan fingerprint density at radius 1 is 1.20 bits per heavy atom. The molecule has 0 saturated heterocycles. The number of hydrogen-bond acceptors (Lipinski definition) is 4. The Bertz CT molecular complexity index is 1000. The van der Waals surface area contributed by atoms with Crippen molar-refractivity contribution in [2.75, 3.05) is 11.9 Å². The van der Waals surface area contributed by atoms with E-state index in [0.717, 1.165) is 29.3 Å². The summed E-state index contributed by atoms with van der Waals surface area (Å²) in [4.78, 5) is 24.8. The summed E-state index contributed by atoms with van der Waals surface area (Å²) in [6, 6.07) is 11.7. The van der Waals surface area contributed by atoms with Crippen LogP contribution in [-0.4, -0.2) is 23.1 Å². The summed E-state index contributed by atoms with van der Waals surface area (Å²) < 4.78 is 7.11. The number of nitriles is 1. The number of amides is 1. The molecule has 6 nitrogen and oxygen atoms in total. The van der Waals surface area contributed by atoms with Gasteiger partial charge in [0.1, 0.15) is 11.9 Å². The zero-order valence-corrected chi connectivity index (χ0v) is 17.5. The number of nitrogens with one attached hydrogen (secondary N) is 1. The first-order chi connectivity index (χ1) is 14.5. The Hall–Kier alpha value is -3.07. The fourth-order valence-corrected chi connectivity index (χ4v) is 5.17. The van der Waals surface area contributed by atoms with Crippen LogP contribution in [-0.2, 0) is 14.3 Å². The van der Waals surface area contributed by atoms with Crippen LogP contribution in [0.2, 0.25) is 0 Å². The molecule has 1 N–H and O–H groups in total. The van der Waals surface area contributed by atoms with E-state index in [-0.39, 0.29) is 12.6 Å². The van der Waals surface area contributed by atoms with Gasteiger partial charge in [-0.3, -0.25) is 14.2 Å². The predicted octanol–water partition coefficient (Wildman–Crippen LogP) is 4.27. The van der Waals surface area contributed by atoms with Gasteiger partial charge in [-0.05, 0) is 68.6 Å². The first-order valence-electron chi connectivity index (χ1n) is 10.6. The molecule has 1 amide bonds. The maximum absolute atomic E-state index is 12.5. The minimum Gasteiger partial charge on any atom is -0.456 e. The summed E-state index contributed by atoms with van der Waals surface area (Å²) in [6.07, 6.45) is 5.26. The van der Waals surface area contributed by atoms with Gasteiger partial charge in [0.2, 0.25) is 0 Å². The second kappa shape index (κ2) is 8.35. The Morgan fingerprint density at radius 2 is 1.97 bits per heavy atom. The minimum absolute atomic E-state index is 0.311. The highest BCUT2D eigenvalue weighted by molar-refractivity contribution is 5.94. The predicted molar refractivity (Wildman–Crippen MR) is 113 cm³/mol. The summed E-state index contributed by atoms with van der Waals surface area (Å²) in [5.74, 6) is 1.49. The van der Waals surface area contributed by atoms with Gasteiger partial charge in [-0.15, -0.1) is 0 Å². The molecule has 1 aromatic carbocycles. The summed E-state index contributed by atoms with van der Waals surface area (Å²) in [7, 11) is 0. The van der Waals surface area contributed by atoms with Crippen molar-refractivity contribution in [2.24, 2.45) is 17.8 Å². The zero-order valence-electron chi connectivity index (χ0n) is 17.5. The molecule has 0 aliphatic heterocycles. The van der Waals surface area contributed by atoms with E-state index >= 15 is 0 Å². The van der Waals surface area contributed by atoms with Gasteiger partial charge in [0.15, 0.2) is 6.61 Å². The average molecular weight is 405 g/mol. The molecule has 156 valence electrons. The number of rotatable bonds is 6. The lowest BCUT2D eigenvalue weighted by Crippen LogP contribution is -2.24. The Kier molecular flexibility index (Phi) is 5.63. The molecule has 30 heavy (non-hydrogen) atoms. The Balaban J connectivity index is 1.42. The number of ether oxygens (including phenoxy) is 1. The molecule has 4 rings (SSSR count). The molecule has 2 saturated carbocycles. The molecule has 2 bridgehead atoms. The lowest BCUT2D eigenvalue weighted by molar-refractivity contribution is -0.148. The molecule has 6 heteroatoms. The SMILES string of the molecule is Cc1c(C#N)c(NC(=O)COC(=O)C[C@H]2C[C@H]3CC[C@H]2C3)n(-c2ccccc2)c1C. The van der Waals surface area contributed by atoms with Crippen LogP contribution in [0, 0.1) is 42.9 Å². The first-order valence-corrected chi connectivity index (χ1v) is 10.6. The van der Waals surface area contributed by atoms with Gasteiger partial charge in [-0.1, -0.05) is 24.6 Å². The molecule has 1 heterocycles. The van der Waals surface area contributed by atoms with Crippen LogP contribution in [0.4, 0.5) is 5.82 Å². The van der Waals surface area contributed by atoms with Gasteiger partial charge < -0.3 is 10.1 Å². The number of fused-ring (bicyclic) bond motifs is 2. The average Bonchev–Trinajstić information content (AvgIpc) is 3.42. The fourth-order valence-electron chi connectivity index (χ4n) is 5.17. The highest BCUT2D eigenvalue weighted by Gasteiger charge is 2.40. The van der Waals surface area contributed by atoms with Crippen molar-refractivity contribution in [1.82, 2.24) is 4.57 Å². The molecule has 3 atom stereocenters. The molecule has 2 aliphatic rings. The van der Waals surface area contributed by atoms with Crippen LogP contribution in [0.25, 0.3) is 5.69 Å². The monoisotopic (exact) mass is 405 g/mol. The number of para-hydroxylation sites is 1. The normalized spacial score (nSPS) is 22.0. The smallest absolute Gasteiger partial charge is 0.306 e. The number of carbonyl (C=O) groups excluding carboxylic acids is 2. The van der Waals surface area contributed by atoms with E-state index in [0.29, 0.717) is 29.6 Å². The van der Waals surface area contributed by atoms with Gasteiger partial charge in [0, 0.05) is 17.8 Å². The highest BCUT2D eigenvalue weighted by atomic mass is 16.5. The number of nitrogens with zero attached hydrogens (tertiary/aromatic N) is 2. The van der Waals surface area contributed by atoms with Crippen LogP contribution in [0.3, 0.4) is 0 Å². The van der Waals surface area contributed by atoms with E-state index in [1.54, 1.807) is 0 Å². The summed E-state index contributed by atoms with van der Waals surface area (Å²) in [5, 5.41) is 12.4. The van der Waals surface area contributed by atoms with Crippen LogP contribution in [0.5, 0.6) is 0 Å². The molecular formula is C24H27N3O3. The quantitative estimate of drug-likeness (QED) is 0.727. The maximum Gasteiger partial charge on any atom is 0.306 e. The second-order valence-corrected chi connectivity index (χ2v) is 8.56. The van der Waals surface area contributed by atoms with Crippen molar-refractivity contribution < 1.29 is 14.3 Å². The van der Waals surface area contributed by atoms with E-state index in [2.05, 4.69) is 11.4 Å². The Morgan fingerprint density at radius 3 is 2.60 bits per heavy atom. The van der Waals surface area contributed by atoms with Crippen molar-refractivity contribution in [1.29, 1.82) is 5.26 Å². The van der Waals surface area contributed by atoms with E-state index < -0.39 is 5.91 Å². The van der Waals surface area contributed by atoms with Gasteiger partial charge in [0.05, 0.1) is 5.56 Å². The van der Waals surface area contributed by atoms with E-state index in [9.17, 15) is 14.9 Å². The number of esters is 1. The second-order valence-electron chi connectivity index (χ2n) is 8.56. The van der Waals surface area contributed by atoms with E-state index in [1.165, 1.54) is 19.3 Å². The largest absolute Gasteiger partial charge is 0.456 e. The lowest BCUT2D eigenvalue weighted by Gasteiger charge is -2.20. The topological polar surface area (TPSA) is 84.1 Å².